The highest BCUT2D eigenvalue weighted by atomic mass is 16.2. The minimum Gasteiger partial charge on any atom is -0.344 e. The van der Waals surface area contributed by atoms with Gasteiger partial charge in [0.25, 0.3) is 11.3 Å². The van der Waals surface area contributed by atoms with Gasteiger partial charge in [0.1, 0.15) is 6.04 Å². The van der Waals surface area contributed by atoms with Crippen molar-refractivity contribution in [2.75, 3.05) is 5.32 Å². The predicted octanol–water partition coefficient (Wildman–Crippen LogP) is 2.02. The second-order valence-electron chi connectivity index (χ2n) is 10.3. The van der Waals surface area contributed by atoms with Crippen molar-refractivity contribution < 1.29 is 9.59 Å². The van der Waals surface area contributed by atoms with Gasteiger partial charge in [0.2, 0.25) is 17.8 Å². The number of rotatable bonds is 5. The molecule has 4 bridgehead atoms. The van der Waals surface area contributed by atoms with E-state index in [1.54, 1.807) is 6.92 Å². The van der Waals surface area contributed by atoms with Crippen LogP contribution in [0.15, 0.2) is 10.9 Å². The van der Waals surface area contributed by atoms with Gasteiger partial charge in [0.15, 0.2) is 0 Å². The molecule has 9 heteroatoms. The van der Waals surface area contributed by atoms with Crippen LogP contribution in [0.3, 0.4) is 0 Å². The molecule has 2 aromatic rings. The monoisotopic (exact) mass is 426 g/mol. The molecule has 0 unspecified atom stereocenters. The van der Waals surface area contributed by atoms with Crippen LogP contribution in [-0.4, -0.2) is 37.4 Å². The fraction of sp³-hybridized carbons (Fsp3) is 0.682. The Bertz CT molecular complexity index is 1070. The van der Waals surface area contributed by atoms with Gasteiger partial charge in [-0.2, -0.15) is 9.50 Å². The second kappa shape index (κ2) is 7.17. The number of aromatic amines is 1. The van der Waals surface area contributed by atoms with Crippen molar-refractivity contribution in [2.45, 2.75) is 65.3 Å². The summed E-state index contributed by atoms with van der Waals surface area (Å²) in [4.78, 5) is 46.9. The maximum Gasteiger partial charge on any atom is 0.274 e. The molecule has 2 heterocycles. The van der Waals surface area contributed by atoms with Crippen LogP contribution in [0.25, 0.3) is 5.78 Å². The third-order valence-corrected chi connectivity index (χ3v) is 7.46. The molecule has 0 aliphatic heterocycles. The zero-order chi connectivity index (χ0) is 21.9. The number of aryl methyl sites for hydroxylation is 1. The average molecular weight is 427 g/mol. The van der Waals surface area contributed by atoms with Crippen molar-refractivity contribution in [3.63, 3.8) is 0 Å². The highest BCUT2D eigenvalue weighted by molar-refractivity contribution is 5.97. The van der Waals surface area contributed by atoms with Crippen molar-refractivity contribution in [3.8, 4) is 0 Å². The highest BCUT2D eigenvalue weighted by Gasteiger charge is 2.55. The third-order valence-electron chi connectivity index (χ3n) is 7.46. The Balaban J connectivity index is 1.33. The Morgan fingerprint density at radius 2 is 1.74 bits per heavy atom. The van der Waals surface area contributed by atoms with Gasteiger partial charge in [-0.15, -0.1) is 0 Å². The van der Waals surface area contributed by atoms with E-state index in [0.29, 0.717) is 23.4 Å². The summed E-state index contributed by atoms with van der Waals surface area (Å²) < 4.78 is 1.18. The molecule has 9 nitrogen and oxygen atoms in total. The Morgan fingerprint density at radius 1 is 1.13 bits per heavy atom. The summed E-state index contributed by atoms with van der Waals surface area (Å²) >= 11 is 0. The van der Waals surface area contributed by atoms with Gasteiger partial charge >= 0.3 is 0 Å². The number of aromatic nitrogens is 4. The van der Waals surface area contributed by atoms with E-state index in [9.17, 15) is 14.4 Å². The molecular weight excluding hydrogens is 396 g/mol. The Labute approximate surface area is 180 Å². The minimum atomic E-state index is -0.680. The number of anilines is 1. The van der Waals surface area contributed by atoms with E-state index >= 15 is 0 Å². The topological polar surface area (TPSA) is 121 Å². The molecule has 4 aliphatic carbocycles. The standard InChI is InChI=1S/C22H30N6O3/c1-11(2)17(18(30)25-20-26-21-23-12(3)4-16(29)28(21)27-20)24-19(31)22-8-13-5-14(9-22)7-15(6-13)10-22/h4,11,13-15,17H,5-10H2,1-3H3,(H,24,31)(H2,23,25,26,27,30)/t13?,14?,15?,17-,22?/m1/s1. The quantitative estimate of drug-likeness (QED) is 0.675. The summed E-state index contributed by atoms with van der Waals surface area (Å²) in [6.07, 6.45) is 6.65. The molecule has 3 N–H and O–H groups in total. The first-order chi connectivity index (χ1) is 14.7. The van der Waals surface area contributed by atoms with Gasteiger partial charge in [0, 0.05) is 17.2 Å². The van der Waals surface area contributed by atoms with Gasteiger partial charge < -0.3 is 5.32 Å². The predicted molar refractivity (Wildman–Crippen MR) is 114 cm³/mol. The molecule has 2 amide bonds. The minimum absolute atomic E-state index is 0.0265. The van der Waals surface area contributed by atoms with Crippen molar-refractivity contribution in [1.29, 1.82) is 0 Å². The number of carbonyl (C=O) groups excluding carboxylic acids is 2. The smallest absolute Gasteiger partial charge is 0.274 e. The number of hydrogen-bond donors (Lipinski definition) is 3. The molecule has 2 aromatic heterocycles. The zero-order valence-electron chi connectivity index (χ0n) is 18.3. The van der Waals surface area contributed by atoms with Crippen LogP contribution >= 0.6 is 0 Å². The largest absolute Gasteiger partial charge is 0.344 e. The molecule has 166 valence electrons. The summed E-state index contributed by atoms with van der Waals surface area (Å²) in [5, 5.41) is 8.55. The molecule has 0 radical (unpaired) electrons. The fourth-order valence-electron chi connectivity index (χ4n) is 6.46. The van der Waals surface area contributed by atoms with Crippen LogP contribution in [0.2, 0.25) is 0 Å². The highest BCUT2D eigenvalue weighted by Crippen LogP contribution is 2.60. The first kappa shape index (κ1) is 20.2. The molecule has 0 saturated heterocycles. The summed E-state index contributed by atoms with van der Waals surface area (Å²) in [5.41, 5.74) is -0.0562. The number of H-pyrrole nitrogens is 1. The molecule has 31 heavy (non-hydrogen) atoms. The van der Waals surface area contributed by atoms with Crippen LogP contribution in [0, 0.1) is 36.0 Å². The number of nitrogens with one attached hydrogen (secondary N) is 3. The Kier molecular flexibility index (Phi) is 4.67. The summed E-state index contributed by atoms with van der Waals surface area (Å²) in [6.45, 7) is 5.54. The fourth-order valence-corrected chi connectivity index (χ4v) is 6.46. The number of carbonyl (C=O) groups is 2. The number of amides is 2. The van der Waals surface area contributed by atoms with Crippen molar-refractivity contribution in [2.24, 2.45) is 29.1 Å². The van der Waals surface area contributed by atoms with Crippen LogP contribution in [0.1, 0.15) is 58.1 Å². The van der Waals surface area contributed by atoms with E-state index in [0.717, 1.165) is 19.3 Å². The average Bonchev–Trinajstić information content (AvgIpc) is 3.07. The lowest BCUT2D eigenvalue weighted by atomic mass is 9.49. The van der Waals surface area contributed by atoms with Gasteiger partial charge in [-0.3, -0.25) is 24.8 Å². The first-order valence-corrected chi connectivity index (χ1v) is 11.3. The van der Waals surface area contributed by atoms with Crippen molar-refractivity contribution >= 4 is 23.5 Å². The summed E-state index contributed by atoms with van der Waals surface area (Å²) in [7, 11) is 0. The van der Waals surface area contributed by atoms with E-state index in [1.165, 1.54) is 29.8 Å². The zero-order valence-corrected chi connectivity index (χ0v) is 18.3. The first-order valence-electron chi connectivity index (χ1n) is 11.3. The maximum absolute atomic E-state index is 13.4. The molecule has 0 aromatic carbocycles. The van der Waals surface area contributed by atoms with E-state index in [1.807, 2.05) is 13.8 Å². The van der Waals surface area contributed by atoms with Crippen LogP contribution in [0.4, 0.5) is 5.95 Å². The number of hydrogen-bond acceptors (Lipinski definition) is 5. The molecule has 4 saturated carbocycles. The summed E-state index contributed by atoms with van der Waals surface area (Å²) in [6, 6.07) is 0.708. The molecule has 6 rings (SSSR count). The normalized spacial score (nSPS) is 30.0. The van der Waals surface area contributed by atoms with E-state index in [-0.39, 0.29) is 40.4 Å². The van der Waals surface area contributed by atoms with Crippen molar-refractivity contribution in [1.82, 2.24) is 24.9 Å². The van der Waals surface area contributed by atoms with Crippen LogP contribution in [0.5, 0.6) is 0 Å². The molecule has 0 spiro atoms. The van der Waals surface area contributed by atoms with Crippen LogP contribution in [-0.2, 0) is 9.59 Å². The lowest BCUT2D eigenvalue weighted by molar-refractivity contribution is -0.148. The van der Waals surface area contributed by atoms with Crippen LogP contribution < -0.4 is 16.2 Å². The van der Waals surface area contributed by atoms with Crippen molar-refractivity contribution in [3.05, 3.63) is 22.1 Å². The number of fused-ring (bicyclic) bond motifs is 1. The maximum atomic E-state index is 13.4. The van der Waals surface area contributed by atoms with Gasteiger partial charge in [-0.25, -0.2) is 4.98 Å². The van der Waals surface area contributed by atoms with E-state index in [4.69, 9.17) is 0 Å². The number of nitrogens with zero attached hydrogens (tertiary/aromatic N) is 3. The summed E-state index contributed by atoms with van der Waals surface area (Å²) in [5.74, 6) is 1.89. The Morgan fingerprint density at radius 3 is 2.32 bits per heavy atom. The molecular formula is C22H30N6O3. The SMILES string of the molecule is Cc1cc(=O)n2[nH]c(NC(=O)[C@H](NC(=O)C34CC5CC(CC(C5)C3)C4)C(C)C)nc2n1. The van der Waals surface area contributed by atoms with E-state index in [2.05, 4.69) is 25.7 Å². The van der Waals surface area contributed by atoms with Gasteiger partial charge in [0.05, 0.1) is 0 Å². The van der Waals surface area contributed by atoms with Gasteiger partial charge in [-0.05, 0) is 69.1 Å². The van der Waals surface area contributed by atoms with Gasteiger partial charge in [-0.1, -0.05) is 13.8 Å². The second-order valence-corrected chi connectivity index (χ2v) is 10.3. The van der Waals surface area contributed by atoms with E-state index < -0.39 is 6.04 Å². The third kappa shape index (κ3) is 3.53. The molecule has 1 atom stereocenters. The lowest BCUT2D eigenvalue weighted by Gasteiger charge is -2.55. The molecule has 4 fully saturated rings. The molecule has 4 aliphatic rings. The Hall–Kier alpha value is -2.71. The lowest BCUT2D eigenvalue weighted by Crippen LogP contribution is -2.57.